The summed E-state index contributed by atoms with van der Waals surface area (Å²) in [5.74, 6) is -4.86. The number of hydrogen-bond acceptors (Lipinski definition) is 18. The first-order chi connectivity index (χ1) is 44.5. The van der Waals surface area contributed by atoms with E-state index in [0.717, 1.165) is 57.8 Å². The number of ether oxygens (including phenoxy) is 6. The number of primary amides is 1. The first-order valence-electron chi connectivity index (χ1n) is 31.8. The van der Waals surface area contributed by atoms with Gasteiger partial charge < -0.3 is 70.7 Å². The fraction of sp³-hybridized carbons (Fsp3) is 0.652. The van der Waals surface area contributed by atoms with Crippen molar-refractivity contribution in [3.05, 3.63) is 72.0 Å². The quantitative estimate of drug-likeness (QED) is 0.0433. The number of halogens is 5. The van der Waals surface area contributed by atoms with Crippen molar-refractivity contribution in [2.45, 2.75) is 226 Å². The Morgan fingerprint density at radius 2 is 0.990 bits per heavy atom. The number of nitrogens with one attached hydrogen (secondary N) is 3. The van der Waals surface area contributed by atoms with Crippen LogP contribution in [0.5, 0.6) is 11.8 Å². The van der Waals surface area contributed by atoms with Crippen LogP contribution in [0.1, 0.15) is 160 Å². The third kappa shape index (κ3) is 28.7. The molecule has 4 fully saturated rings. The number of alkyl halides is 3. The van der Waals surface area contributed by atoms with Crippen molar-refractivity contribution in [3.63, 3.8) is 0 Å². The van der Waals surface area contributed by atoms with Crippen LogP contribution in [0.2, 0.25) is 10.0 Å². The molecule has 6 rings (SSSR count). The Morgan fingerprint density at radius 3 is 1.31 bits per heavy atom. The number of carbonyl (C=O) groups excluding carboxylic acids is 8. The lowest BCUT2D eigenvalue weighted by atomic mass is 9.82. The van der Waals surface area contributed by atoms with Crippen LogP contribution in [0.4, 0.5) is 22.8 Å². The van der Waals surface area contributed by atoms with E-state index in [1.165, 1.54) is 40.8 Å². The minimum atomic E-state index is -5.08. The number of alkyl carbamates (subject to hydrolysis) is 2. The van der Waals surface area contributed by atoms with Crippen molar-refractivity contribution in [1.29, 1.82) is 0 Å². The van der Waals surface area contributed by atoms with Crippen LogP contribution in [-0.2, 0) is 52.5 Å². The molecule has 0 aromatic carbocycles. The summed E-state index contributed by atoms with van der Waals surface area (Å²) < 4.78 is 64.7. The molecule has 0 bridgehead atoms. The van der Waals surface area contributed by atoms with Crippen LogP contribution in [0.15, 0.2) is 62.0 Å². The first-order valence-corrected chi connectivity index (χ1v) is 32.6. The van der Waals surface area contributed by atoms with Crippen molar-refractivity contribution in [1.82, 2.24) is 35.7 Å². The number of rotatable bonds is 19. The predicted molar refractivity (Wildman–Crippen MR) is 351 cm³/mol. The SMILES string of the molecule is C=CCOC(=O)[C@@H]1C[C@@H](Oc2ccc(Cl)cn2)CN1C(=O)[C@@H](N)C(C)(C)C.C=CCOC(=O)[C@@H]1C[C@@H](Oc2ccc(Cl)cn2)CN1C(=O)[C@@H](NC(=O)[C@@H](NC(=O)OC(C)(C)C)C1CCCCC1)C(C)(C)C.CC(C)(C)OC(=O)N[C@H](C(N)=O)C1CCCCC1.O=C(O)C(F)(F)F. The highest BCUT2D eigenvalue weighted by molar-refractivity contribution is 6.30. The van der Waals surface area contributed by atoms with Gasteiger partial charge in [-0.2, -0.15) is 13.2 Å². The Balaban J connectivity index is 0.000000389. The van der Waals surface area contributed by atoms with E-state index in [1.54, 1.807) is 65.8 Å². The summed E-state index contributed by atoms with van der Waals surface area (Å²) in [4.78, 5) is 123. The highest BCUT2D eigenvalue weighted by atomic mass is 35.5. The third-order valence-electron chi connectivity index (χ3n) is 15.3. The van der Waals surface area contributed by atoms with Crippen LogP contribution >= 0.6 is 23.2 Å². The van der Waals surface area contributed by atoms with E-state index in [9.17, 15) is 51.5 Å². The van der Waals surface area contributed by atoms with Crippen LogP contribution in [0, 0.1) is 22.7 Å². The number of amides is 6. The number of pyridine rings is 2. The number of carboxylic acids is 1. The van der Waals surface area contributed by atoms with Crippen molar-refractivity contribution in [2.75, 3.05) is 26.3 Å². The second-order valence-electron chi connectivity index (χ2n) is 27.8. The van der Waals surface area contributed by atoms with Crippen molar-refractivity contribution in [2.24, 2.45) is 34.1 Å². The van der Waals surface area contributed by atoms with Crippen molar-refractivity contribution < 1.29 is 89.8 Å². The summed E-state index contributed by atoms with van der Waals surface area (Å²) in [6.07, 6.45) is 8.71. The Labute approximate surface area is 570 Å². The van der Waals surface area contributed by atoms with Gasteiger partial charge in [0.05, 0.1) is 29.2 Å². The summed E-state index contributed by atoms with van der Waals surface area (Å²) in [5.41, 5.74) is 8.99. The summed E-state index contributed by atoms with van der Waals surface area (Å²) in [6.45, 7) is 29.2. The van der Waals surface area contributed by atoms with E-state index in [1.807, 2.05) is 41.5 Å². The predicted octanol–water partition coefficient (Wildman–Crippen LogP) is 9.58. The van der Waals surface area contributed by atoms with Gasteiger partial charge >= 0.3 is 36.3 Å². The van der Waals surface area contributed by atoms with E-state index in [0.29, 0.717) is 28.2 Å². The maximum atomic E-state index is 14.3. The molecule has 2 aliphatic heterocycles. The zero-order valence-electron chi connectivity index (χ0n) is 57.0. The van der Waals surface area contributed by atoms with Crippen LogP contribution in [0.25, 0.3) is 0 Å². The van der Waals surface area contributed by atoms with Gasteiger partial charge in [0.2, 0.25) is 35.4 Å². The third-order valence-corrected chi connectivity index (χ3v) is 15.8. The Morgan fingerprint density at radius 1 is 0.615 bits per heavy atom. The molecule has 2 saturated carbocycles. The van der Waals surface area contributed by atoms with Crippen molar-refractivity contribution in [3.8, 4) is 11.8 Å². The molecular weight excluding hydrogens is 1300 g/mol. The maximum absolute atomic E-state index is 14.3. The first kappa shape index (κ1) is 82.8. The van der Waals surface area contributed by atoms with E-state index in [2.05, 4.69) is 39.1 Å². The van der Waals surface area contributed by atoms with Crippen LogP contribution < -0.4 is 36.9 Å². The van der Waals surface area contributed by atoms with E-state index in [-0.39, 0.29) is 50.5 Å². The van der Waals surface area contributed by atoms with Gasteiger partial charge in [-0.3, -0.25) is 19.2 Å². The Bertz CT molecular complexity index is 2930. The maximum Gasteiger partial charge on any atom is 0.490 e. The summed E-state index contributed by atoms with van der Waals surface area (Å²) in [7, 11) is 0. The lowest BCUT2D eigenvalue weighted by Gasteiger charge is -2.37. The number of hydrogen-bond donors (Lipinski definition) is 6. The molecule has 2 saturated heterocycles. The summed E-state index contributed by atoms with van der Waals surface area (Å²) in [6, 6.07) is 1.56. The zero-order chi connectivity index (χ0) is 72.7. The Hall–Kier alpha value is -7.46. The number of carbonyl (C=O) groups is 9. The molecule has 2 aromatic heterocycles. The molecule has 8 N–H and O–H groups in total. The largest absolute Gasteiger partial charge is 0.490 e. The molecule has 0 radical (unpaired) electrons. The van der Waals surface area contributed by atoms with Gasteiger partial charge in [-0.1, -0.05) is 129 Å². The molecule has 2 aromatic rings. The minimum absolute atomic E-state index is 0.0134. The van der Waals surface area contributed by atoms with Gasteiger partial charge in [0.1, 0.15) is 66.8 Å². The second kappa shape index (κ2) is 37.3. The molecule has 6 amide bonds. The number of carboxylic acid groups (broad SMARTS) is 1. The molecule has 96 heavy (non-hydrogen) atoms. The molecule has 8 atom stereocenters. The van der Waals surface area contributed by atoms with E-state index < -0.39 is 124 Å². The highest BCUT2D eigenvalue weighted by Crippen LogP contribution is 2.33. The van der Waals surface area contributed by atoms with Gasteiger partial charge in [-0.25, -0.2) is 33.9 Å². The number of likely N-dealkylation sites (tertiary alicyclic amines) is 2. The molecule has 0 unspecified atom stereocenters. The number of aromatic nitrogens is 2. The topological polar surface area (TPSA) is 350 Å². The second-order valence-corrected chi connectivity index (χ2v) is 28.7. The fourth-order valence-electron chi connectivity index (χ4n) is 10.6. The normalized spacial score (nSPS) is 19.7. The van der Waals surface area contributed by atoms with Gasteiger partial charge in [-0.15, -0.1) is 0 Å². The monoisotopic (exact) mass is 1400 g/mol. The molecule has 2 aliphatic carbocycles. The molecule has 4 aliphatic rings. The number of aliphatic carboxylic acids is 1. The minimum Gasteiger partial charge on any atom is -0.475 e. The van der Waals surface area contributed by atoms with Gasteiger partial charge in [0.25, 0.3) is 0 Å². The summed E-state index contributed by atoms with van der Waals surface area (Å²) >= 11 is 11.8. The van der Waals surface area contributed by atoms with Gasteiger partial charge in [0, 0.05) is 37.4 Å². The number of nitrogens with zero attached hydrogens (tertiary/aromatic N) is 4. The lowest BCUT2D eigenvalue weighted by Crippen LogP contribution is -2.61. The van der Waals surface area contributed by atoms with Gasteiger partial charge in [0.15, 0.2) is 0 Å². The molecule has 4 heterocycles. The lowest BCUT2D eigenvalue weighted by molar-refractivity contribution is -0.192. The highest BCUT2D eigenvalue weighted by Gasteiger charge is 2.49. The zero-order valence-corrected chi connectivity index (χ0v) is 58.5. The average molecular weight is 1400 g/mol. The van der Waals surface area contributed by atoms with Gasteiger partial charge in [-0.05, 0) is 102 Å². The average Bonchev–Trinajstić information content (AvgIpc) is 1.61. The summed E-state index contributed by atoms with van der Waals surface area (Å²) in [5, 5.41) is 16.4. The standard InChI is InChI=1S/C32H47ClN4O7.C19H26ClN3O4.C13H24N2O3.C2HF3O2/c1-8-16-42-29(40)23-17-22(43-24-15-14-21(33)18-34-24)19-37(23)28(39)26(31(2,3)4)36-27(38)25(20-12-10-9-11-13-20)35-30(41)44-32(5,6)7;1-5-8-26-18(25)14-9-13(27-15-7-6-12(20)10-22-15)11-23(14)17(24)16(21)19(2,3)4;1-13(2,3)18-12(17)15-10(11(14)16)9-7-5-4-6-8-9;3-2(4,5)1(6)7/h8,14-15,18,20,22-23,25-26H,1,9-13,16-17,19H2,2-7H3,(H,35,41)(H,36,38);5-7,10,13-14,16H,1,8-9,11,21H2,2-4H3;9-10H,4-8H2,1-3H3,(H2,14,16)(H,15,17);(H,6,7)/t22-,23+,25+,26-;13-,14+,16-;10-;/m110./s1. The van der Waals surface area contributed by atoms with Crippen molar-refractivity contribution >= 4 is 76.9 Å². The van der Waals surface area contributed by atoms with Crippen LogP contribution in [-0.4, -0.2) is 171 Å². The number of esters is 2. The molecule has 0 spiro atoms. The molecular formula is C66H98Cl2F3N9O16. The smallest absolute Gasteiger partial charge is 0.475 e. The van der Waals surface area contributed by atoms with E-state index >= 15 is 0 Å². The van der Waals surface area contributed by atoms with Crippen LogP contribution in [0.3, 0.4) is 0 Å². The molecule has 30 heteroatoms. The molecule has 538 valence electrons. The number of nitrogens with two attached hydrogens (primary N) is 2. The Kier molecular flexibility index (Phi) is 32.2. The fourth-order valence-corrected chi connectivity index (χ4v) is 10.8. The van der Waals surface area contributed by atoms with E-state index in [4.69, 9.17) is 73.0 Å². The molecule has 25 nitrogen and oxygen atoms in total.